The second kappa shape index (κ2) is 10.2. The van der Waals surface area contributed by atoms with Crippen molar-refractivity contribution in [1.82, 2.24) is 15.1 Å². The van der Waals surface area contributed by atoms with Crippen LogP contribution in [0, 0.1) is 5.82 Å². The number of likely N-dealkylation sites (tertiary alicyclic amines) is 1. The van der Waals surface area contributed by atoms with Gasteiger partial charge in [-0.3, -0.25) is 19.7 Å². The lowest BCUT2D eigenvalue weighted by molar-refractivity contribution is -0.136. The van der Waals surface area contributed by atoms with Crippen molar-refractivity contribution in [2.45, 2.75) is 57.0 Å². The Labute approximate surface area is 213 Å². The van der Waals surface area contributed by atoms with Crippen molar-refractivity contribution in [2.75, 3.05) is 19.6 Å². The Balaban J connectivity index is 1.18. The SMILES string of the molecule is O=C1CCC(N2Cc3cc(C4CCN(CCCc5cccc(Br)c5)CC4)c(F)cc3C2=O)C(=O)N1. The fourth-order valence-electron chi connectivity index (χ4n) is 5.59. The van der Waals surface area contributed by atoms with E-state index in [1.807, 2.05) is 12.1 Å². The molecule has 0 spiro atoms. The average Bonchev–Trinajstić information content (AvgIpc) is 3.14. The van der Waals surface area contributed by atoms with E-state index in [1.54, 1.807) is 0 Å². The third kappa shape index (κ3) is 5.19. The van der Waals surface area contributed by atoms with Gasteiger partial charge in [0, 0.05) is 23.0 Å². The molecule has 0 aromatic heterocycles. The Bertz CT molecular complexity index is 1160. The third-order valence-corrected chi connectivity index (χ3v) is 7.99. The molecule has 0 aliphatic carbocycles. The summed E-state index contributed by atoms with van der Waals surface area (Å²) in [5, 5.41) is 2.31. The van der Waals surface area contributed by atoms with E-state index >= 15 is 4.39 Å². The number of aryl methyl sites for hydroxylation is 1. The Morgan fingerprint density at radius 3 is 2.60 bits per heavy atom. The highest BCUT2D eigenvalue weighted by Gasteiger charge is 2.40. The van der Waals surface area contributed by atoms with Crippen LogP contribution in [0.4, 0.5) is 4.39 Å². The average molecular weight is 542 g/mol. The van der Waals surface area contributed by atoms with Crippen molar-refractivity contribution >= 4 is 33.7 Å². The van der Waals surface area contributed by atoms with Crippen LogP contribution in [-0.4, -0.2) is 53.2 Å². The van der Waals surface area contributed by atoms with E-state index in [-0.39, 0.29) is 36.5 Å². The zero-order chi connectivity index (χ0) is 24.5. The summed E-state index contributed by atoms with van der Waals surface area (Å²) in [6, 6.07) is 10.9. The van der Waals surface area contributed by atoms with Crippen LogP contribution in [0.3, 0.4) is 0 Å². The summed E-state index contributed by atoms with van der Waals surface area (Å²) in [5.74, 6) is -1.31. The predicted octanol–water partition coefficient (Wildman–Crippen LogP) is 4.16. The molecule has 3 amide bonds. The first-order valence-electron chi connectivity index (χ1n) is 12.3. The molecule has 3 heterocycles. The van der Waals surface area contributed by atoms with E-state index in [4.69, 9.17) is 0 Å². The Kier molecular flexibility index (Phi) is 7.02. The van der Waals surface area contributed by atoms with E-state index in [0.717, 1.165) is 55.4 Å². The van der Waals surface area contributed by atoms with Crippen LogP contribution < -0.4 is 5.32 Å². The van der Waals surface area contributed by atoms with Crippen molar-refractivity contribution in [3.05, 3.63) is 68.9 Å². The molecule has 0 bridgehead atoms. The highest BCUT2D eigenvalue weighted by molar-refractivity contribution is 9.10. The molecule has 0 radical (unpaired) electrons. The van der Waals surface area contributed by atoms with Gasteiger partial charge in [0.25, 0.3) is 5.91 Å². The maximum Gasteiger partial charge on any atom is 0.255 e. The van der Waals surface area contributed by atoms with Gasteiger partial charge in [0.2, 0.25) is 11.8 Å². The summed E-state index contributed by atoms with van der Waals surface area (Å²) < 4.78 is 16.2. The standard InChI is InChI=1S/C27H29BrFN3O3/c28-20-5-1-3-17(13-20)4-2-10-31-11-8-18(9-12-31)21-14-19-16-32(27(35)22(19)15-23(21)29)24-6-7-25(33)30-26(24)34/h1,3,5,13-15,18,24H,2,4,6-12,16H2,(H,30,33,34). The van der Waals surface area contributed by atoms with Gasteiger partial charge < -0.3 is 9.80 Å². The number of carbonyl (C=O) groups excluding carboxylic acids is 3. The minimum Gasteiger partial charge on any atom is -0.322 e. The minimum atomic E-state index is -0.681. The number of benzene rings is 2. The summed E-state index contributed by atoms with van der Waals surface area (Å²) in [6.07, 6.45) is 4.41. The number of carbonyl (C=O) groups is 3. The van der Waals surface area contributed by atoms with Crippen LogP contribution in [0.25, 0.3) is 0 Å². The van der Waals surface area contributed by atoms with Gasteiger partial charge in [0.15, 0.2) is 0 Å². The number of amides is 3. The Hall–Kier alpha value is -2.58. The molecule has 1 atom stereocenters. The van der Waals surface area contributed by atoms with Gasteiger partial charge in [-0.1, -0.05) is 34.1 Å². The van der Waals surface area contributed by atoms with Gasteiger partial charge in [-0.25, -0.2) is 4.39 Å². The first-order valence-corrected chi connectivity index (χ1v) is 13.1. The molecular weight excluding hydrogens is 513 g/mol. The maximum atomic E-state index is 15.1. The highest BCUT2D eigenvalue weighted by atomic mass is 79.9. The van der Waals surface area contributed by atoms with Crippen molar-refractivity contribution in [3.8, 4) is 0 Å². The van der Waals surface area contributed by atoms with Gasteiger partial charge in [-0.05, 0) is 92.5 Å². The Morgan fingerprint density at radius 1 is 1.06 bits per heavy atom. The van der Waals surface area contributed by atoms with Crippen molar-refractivity contribution < 1.29 is 18.8 Å². The van der Waals surface area contributed by atoms with E-state index < -0.39 is 11.9 Å². The minimum absolute atomic E-state index is 0.126. The van der Waals surface area contributed by atoms with Crippen LogP contribution in [0.2, 0.25) is 0 Å². The third-order valence-electron chi connectivity index (χ3n) is 7.50. The molecule has 2 aromatic rings. The molecule has 1 N–H and O–H groups in total. The fourth-order valence-corrected chi connectivity index (χ4v) is 6.03. The number of piperidine rings is 2. The van der Waals surface area contributed by atoms with Gasteiger partial charge in [0.05, 0.1) is 0 Å². The molecule has 35 heavy (non-hydrogen) atoms. The summed E-state index contributed by atoms with van der Waals surface area (Å²) in [4.78, 5) is 40.6. The molecule has 3 aliphatic heterocycles. The monoisotopic (exact) mass is 541 g/mol. The summed E-state index contributed by atoms with van der Waals surface area (Å²) >= 11 is 3.52. The lowest BCUT2D eigenvalue weighted by Gasteiger charge is -2.32. The summed E-state index contributed by atoms with van der Waals surface area (Å²) in [5.41, 5.74) is 3.11. The van der Waals surface area contributed by atoms with Crippen LogP contribution in [-0.2, 0) is 22.6 Å². The van der Waals surface area contributed by atoms with Crippen molar-refractivity contribution in [1.29, 1.82) is 0 Å². The zero-order valence-electron chi connectivity index (χ0n) is 19.6. The molecule has 2 fully saturated rings. The smallest absolute Gasteiger partial charge is 0.255 e. The molecule has 3 aliphatic rings. The van der Waals surface area contributed by atoms with Crippen molar-refractivity contribution in [2.24, 2.45) is 0 Å². The van der Waals surface area contributed by atoms with Crippen LogP contribution in [0.5, 0.6) is 0 Å². The topological polar surface area (TPSA) is 69.7 Å². The molecule has 6 nitrogen and oxygen atoms in total. The molecule has 184 valence electrons. The molecule has 2 saturated heterocycles. The number of nitrogens with zero attached hydrogens (tertiary/aromatic N) is 2. The summed E-state index contributed by atoms with van der Waals surface area (Å²) in [6.45, 7) is 3.17. The van der Waals surface area contributed by atoms with Crippen LogP contribution in [0.1, 0.15) is 65.1 Å². The van der Waals surface area contributed by atoms with Gasteiger partial charge in [-0.2, -0.15) is 0 Å². The number of imide groups is 1. The second-order valence-electron chi connectivity index (χ2n) is 9.78. The van der Waals surface area contributed by atoms with Gasteiger partial charge in [-0.15, -0.1) is 0 Å². The highest BCUT2D eigenvalue weighted by Crippen LogP contribution is 2.35. The lowest BCUT2D eigenvalue weighted by Crippen LogP contribution is -2.52. The van der Waals surface area contributed by atoms with Crippen molar-refractivity contribution in [3.63, 3.8) is 0 Å². The van der Waals surface area contributed by atoms with E-state index in [1.165, 1.54) is 16.5 Å². The van der Waals surface area contributed by atoms with Crippen LogP contribution in [0.15, 0.2) is 40.9 Å². The van der Waals surface area contributed by atoms with Gasteiger partial charge >= 0.3 is 0 Å². The van der Waals surface area contributed by atoms with Gasteiger partial charge in [0.1, 0.15) is 11.9 Å². The maximum absolute atomic E-state index is 15.1. The van der Waals surface area contributed by atoms with E-state index in [9.17, 15) is 14.4 Å². The predicted molar refractivity (Wildman–Crippen MR) is 133 cm³/mol. The molecule has 1 unspecified atom stereocenters. The number of fused-ring (bicyclic) bond motifs is 1. The largest absolute Gasteiger partial charge is 0.322 e. The Morgan fingerprint density at radius 2 is 1.86 bits per heavy atom. The number of hydrogen-bond acceptors (Lipinski definition) is 4. The van der Waals surface area contributed by atoms with Crippen LogP contribution >= 0.6 is 15.9 Å². The van der Waals surface area contributed by atoms with E-state index in [0.29, 0.717) is 17.5 Å². The molecule has 8 heteroatoms. The number of hydrogen-bond donors (Lipinski definition) is 1. The fraction of sp³-hybridized carbons (Fsp3) is 0.444. The molecular formula is C27H29BrFN3O3. The van der Waals surface area contributed by atoms with E-state index in [2.05, 4.69) is 44.3 Å². The first-order chi connectivity index (χ1) is 16.9. The number of halogens is 2. The normalized spacial score (nSPS) is 21.4. The zero-order valence-corrected chi connectivity index (χ0v) is 21.2. The second-order valence-corrected chi connectivity index (χ2v) is 10.7. The molecule has 5 rings (SSSR count). The lowest BCUT2D eigenvalue weighted by atomic mass is 9.87. The molecule has 0 saturated carbocycles. The number of nitrogens with one attached hydrogen (secondary N) is 1. The summed E-state index contributed by atoms with van der Waals surface area (Å²) in [7, 11) is 0. The first kappa shape index (κ1) is 24.1. The molecule has 2 aromatic carbocycles. The quantitative estimate of drug-likeness (QED) is 0.557. The number of rotatable bonds is 6.